The van der Waals surface area contributed by atoms with E-state index in [9.17, 15) is 18.0 Å². The maximum absolute atomic E-state index is 13.8. The van der Waals surface area contributed by atoms with E-state index in [1.54, 1.807) is 36.1 Å². The van der Waals surface area contributed by atoms with Crippen LogP contribution in [0.4, 0.5) is 13.2 Å². The zero-order valence-corrected chi connectivity index (χ0v) is 17.1. The van der Waals surface area contributed by atoms with Gasteiger partial charge in [0, 0.05) is 23.7 Å². The largest absolute Gasteiger partial charge is 0.433 e. The summed E-state index contributed by atoms with van der Waals surface area (Å²) in [5, 5.41) is 4.50. The number of carbonyl (C=O) groups is 1. The number of carbonyl (C=O) groups excluding carboxylic acids is 1. The first-order valence-electron chi connectivity index (χ1n) is 9.78. The van der Waals surface area contributed by atoms with Crippen LogP contribution in [-0.2, 0) is 6.18 Å². The van der Waals surface area contributed by atoms with Crippen molar-refractivity contribution in [2.24, 2.45) is 0 Å². The highest BCUT2D eigenvalue weighted by Gasteiger charge is 2.37. The first-order chi connectivity index (χ1) is 14.3. The number of amides is 1. The molecule has 0 N–H and O–H groups in total. The average molecular weight is 437 g/mol. The molecular formula is C21H20ClF3N4O. The Morgan fingerprint density at radius 3 is 2.30 bits per heavy atom. The van der Waals surface area contributed by atoms with Crippen molar-refractivity contribution in [2.75, 3.05) is 13.1 Å². The van der Waals surface area contributed by atoms with Crippen LogP contribution in [0.3, 0.4) is 0 Å². The molecule has 1 amide bonds. The smallest absolute Gasteiger partial charge is 0.338 e. The van der Waals surface area contributed by atoms with Gasteiger partial charge in [0.2, 0.25) is 0 Å². The zero-order chi connectivity index (χ0) is 21.5. The Balaban J connectivity index is 1.91. The van der Waals surface area contributed by atoms with Gasteiger partial charge in [-0.05, 0) is 38.0 Å². The van der Waals surface area contributed by atoms with Gasteiger partial charge in [-0.25, -0.2) is 9.50 Å². The van der Waals surface area contributed by atoms with Crippen molar-refractivity contribution in [3.63, 3.8) is 0 Å². The molecule has 0 saturated carbocycles. The van der Waals surface area contributed by atoms with E-state index >= 15 is 0 Å². The summed E-state index contributed by atoms with van der Waals surface area (Å²) in [6.45, 7) is 2.71. The quantitative estimate of drug-likeness (QED) is 0.541. The average Bonchev–Trinajstić information content (AvgIpc) is 2.86. The first kappa shape index (κ1) is 20.7. The van der Waals surface area contributed by atoms with Gasteiger partial charge in [-0.1, -0.05) is 36.6 Å². The van der Waals surface area contributed by atoms with Gasteiger partial charge in [0.1, 0.15) is 5.56 Å². The summed E-state index contributed by atoms with van der Waals surface area (Å²) in [5.74, 6) is -0.321. The van der Waals surface area contributed by atoms with Crippen molar-refractivity contribution < 1.29 is 18.0 Å². The molecule has 1 fully saturated rings. The lowest BCUT2D eigenvalue weighted by Crippen LogP contribution is -2.32. The highest BCUT2D eigenvalue weighted by molar-refractivity contribution is 6.30. The molecule has 0 radical (unpaired) electrons. The number of halogens is 4. The highest BCUT2D eigenvalue weighted by Crippen LogP contribution is 2.34. The highest BCUT2D eigenvalue weighted by atomic mass is 35.5. The Labute approximate surface area is 176 Å². The van der Waals surface area contributed by atoms with Crippen molar-refractivity contribution in [1.29, 1.82) is 0 Å². The zero-order valence-electron chi connectivity index (χ0n) is 16.3. The summed E-state index contributed by atoms with van der Waals surface area (Å²) in [6.07, 6.45) is -0.838. The molecule has 0 atom stereocenters. The van der Waals surface area contributed by atoms with E-state index in [0.29, 0.717) is 23.7 Å². The number of aromatic nitrogens is 3. The normalized spacial score (nSPS) is 15.4. The Bertz CT molecular complexity index is 1080. The fourth-order valence-corrected chi connectivity index (χ4v) is 3.90. The van der Waals surface area contributed by atoms with Crippen LogP contribution >= 0.6 is 11.6 Å². The maximum atomic E-state index is 13.8. The molecule has 2 aromatic heterocycles. The van der Waals surface area contributed by atoms with Gasteiger partial charge in [-0.3, -0.25) is 4.79 Å². The molecule has 5 nitrogen and oxygen atoms in total. The Hall–Kier alpha value is -2.61. The number of hydrogen-bond acceptors (Lipinski definition) is 3. The number of aryl methyl sites for hydroxylation is 1. The summed E-state index contributed by atoms with van der Waals surface area (Å²) in [7, 11) is 0. The van der Waals surface area contributed by atoms with Crippen LogP contribution in [0.1, 0.15) is 47.4 Å². The third-order valence-electron chi connectivity index (χ3n) is 5.30. The molecule has 30 heavy (non-hydrogen) atoms. The van der Waals surface area contributed by atoms with Crippen molar-refractivity contribution in [3.05, 3.63) is 52.3 Å². The number of nitrogens with zero attached hydrogens (tertiary/aromatic N) is 4. The molecule has 0 bridgehead atoms. The number of likely N-dealkylation sites (tertiary alicyclic amines) is 1. The van der Waals surface area contributed by atoms with E-state index in [1.807, 2.05) is 0 Å². The summed E-state index contributed by atoms with van der Waals surface area (Å²) < 4.78 is 42.2. The lowest BCUT2D eigenvalue weighted by atomic mass is 10.1. The van der Waals surface area contributed by atoms with Crippen LogP contribution in [0, 0.1) is 6.92 Å². The maximum Gasteiger partial charge on any atom is 0.433 e. The molecule has 3 aromatic rings. The Kier molecular flexibility index (Phi) is 5.44. The van der Waals surface area contributed by atoms with Crippen molar-refractivity contribution in [1.82, 2.24) is 19.5 Å². The lowest BCUT2D eigenvalue weighted by Gasteiger charge is -2.20. The molecule has 3 heterocycles. The van der Waals surface area contributed by atoms with Gasteiger partial charge in [0.25, 0.3) is 5.91 Å². The summed E-state index contributed by atoms with van der Waals surface area (Å²) >= 11 is 5.90. The van der Waals surface area contributed by atoms with Crippen LogP contribution in [0.15, 0.2) is 30.3 Å². The molecule has 0 unspecified atom stereocenters. The Morgan fingerprint density at radius 2 is 1.70 bits per heavy atom. The monoisotopic (exact) mass is 436 g/mol. The third kappa shape index (κ3) is 3.88. The lowest BCUT2D eigenvalue weighted by molar-refractivity contribution is -0.142. The minimum absolute atomic E-state index is 0.0819. The van der Waals surface area contributed by atoms with Crippen LogP contribution in [0.25, 0.3) is 16.9 Å². The van der Waals surface area contributed by atoms with Crippen molar-refractivity contribution >= 4 is 23.2 Å². The molecule has 9 heteroatoms. The number of hydrogen-bond donors (Lipinski definition) is 0. The molecule has 1 aliphatic rings. The fraction of sp³-hybridized carbons (Fsp3) is 0.381. The van der Waals surface area contributed by atoms with Gasteiger partial charge >= 0.3 is 6.18 Å². The Morgan fingerprint density at radius 1 is 1.07 bits per heavy atom. The molecule has 0 spiro atoms. The van der Waals surface area contributed by atoms with E-state index in [0.717, 1.165) is 36.3 Å². The molecule has 158 valence electrons. The predicted octanol–water partition coefficient (Wildman–Crippen LogP) is 5.39. The second-order valence-corrected chi connectivity index (χ2v) is 7.87. The number of benzene rings is 1. The molecule has 4 rings (SSSR count). The third-order valence-corrected chi connectivity index (χ3v) is 5.55. The van der Waals surface area contributed by atoms with E-state index < -0.39 is 11.9 Å². The second kappa shape index (κ2) is 7.91. The molecule has 1 aromatic carbocycles. The van der Waals surface area contributed by atoms with Gasteiger partial charge in [-0.15, -0.1) is 0 Å². The van der Waals surface area contributed by atoms with E-state index in [4.69, 9.17) is 11.6 Å². The minimum Gasteiger partial charge on any atom is -0.338 e. The van der Waals surface area contributed by atoms with Gasteiger partial charge in [0.05, 0.1) is 11.4 Å². The molecular weight excluding hydrogens is 417 g/mol. The van der Waals surface area contributed by atoms with Gasteiger partial charge < -0.3 is 4.90 Å². The first-order valence-corrected chi connectivity index (χ1v) is 10.2. The summed E-state index contributed by atoms with van der Waals surface area (Å²) in [5.41, 5.74) is -0.124. The van der Waals surface area contributed by atoms with Crippen LogP contribution < -0.4 is 0 Å². The number of rotatable bonds is 2. The van der Waals surface area contributed by atoms with Gasteiger partial charge in [-0.2, -0.15) is 18.3 Å². The number of alkyl halides is 3. The second-order valence-electron chi connectivity index (χ2n) is 7.43. The number of fused-ring (bicyclic) bond motifs is 1. The van der Waals surface area contributed by atoms with Crippen LogP contribution in [-0.4, -0.2) is 38.5 Å². The topological polar surface area (TPSA) is 50.5 Å². The van der Waals surface area contributed by atoms with E-state index in [-0.39, 0.29) is 28.5 Å². The standard InChI is InChI=1S/C21H20ClF3N4O/c1-13-18(20(30)28-10-4-2-3-5-11-28)19-26-16(14-6-8-15(22)9-7-14)12-17(21(23,24)25)29(19)27-13/h6-9,12H,2-5,10-11H2,1H3. The molecule has 1 aliphatic heterocycles. The SMILES string of the molecule is Cc1nn2c(C(F)(F)F)cc(-c3ccc(Cl)cc3)nc2c1C(=O)N1CCCCCC1. The van der Waals surface area contributed by atoms with Crippen LogP contribution in [0.5, 0.6) is 0 Å². The minimum atomic E-state index is -4.66. The molecule has 0 aliphatic carbocycles. The predicted molar refractivity (Wildman–Crippen MR) is 108 cm³/mol. The molecule has 1 saturated heterocycles. The summed E-state index contributed by atoms with van der Waals surface area (Å²) in [6, 6.07) is 7.31. The van der Waals surface area contributed by atoms with Crippen molar-refractivity contribution in [3.8, 4) is 11.3 Å². The van der Waals surface area contributed by atoms with E-state index in [1.165, 1.54) is 0 Å². The fourth-order valence-electron chi connectivity index (χ4n) is 3.78. The van der Waals surface area contributed by atoms with E-state index in [2.05, 4.69) is 10.1 Å². The van der Waals surface area contributed by atoms with Crippen molar-refractivity contribution in [2.45, 2.75) is 38.8 Å². The summed E-state index contributed by atoms with van der Waals surface area (Å²) in [4.78, 5) is 19.4. The van der Waals surface area contributed by atoms with Gasteiger partial charge in [0.15, 0.2) is 11.3 Å². The van der Waals surface area contributed by atoms with Crippen LogP contribution in [0.2, 0.25) is 5.02 Å².